The molecule has 4 aromatic rings. The molecule has 4 heterocycles. The van der Waals surface area contributed by atoms with E-state index in [0.29, 0.717) is 6.61 Å². The first-order valence-electron chi connectivity index (χ1n) is 24.7. The van der Waals surface area contributed by atoms with E-state index in [1.54, 1.807) is 31.2 Å². The lowest BCUT2D eigenvalue weighted by Crippen LogP contribution is -2.60. The van der Waals surface area contributed by atoms with Gasteiger partial charge in [-0.15, -0.1) is 0 Å². The fraction of sp³-hybridized carbons (Fsp3) is 0.545. The summed E-state index contributed by atoms with van der Waals surface area (Å²) in [6.07, 6.45) is 7.57. The number of carbonyl (C=O) groups excluding carboxylic acids is 2. The lowest BCUT2D eigenvalue weighted by atomic mass is 9.73. The van der Waals surface area contributed by atoms with E-state index >= 15 is 0 Å². The van der Waals surface area contributed by atoms with E-state index in [4.69, 9.17) is 33.1 Å². The van der Waals surface area contributed by atoms with Crippen molar-refractivity contribution in [2.24, 2.45) is 35.5 Å². The largest absolute Gasteiger partial charge is 0.507 e. The normalized spacial score (nSPS) is 31.7. The number of aromatic nitrogens is 1. The van der Waals surface area contributed by atoms with Crippen LogP contribution in [0.2, 0.25) is 0 Å². The molecule has 1 aromatic heterocycles. The first-order chi connectivity index (χ1) is 33.2. The molecule has 9 atom stereocenters. The number of aromatic hydroxyl groups is 1. The van der Waals surface area contributed by atoms with Crippen molar-refractivity contribution >= 4 is 56.3 Å². The Hall–Kier alpha value is -5.97. The van der Waals surface area contributed by atoms with E-state index in [0.717, 1.165) is 30.4 Å². The Kier molecular flexibility index (Phi) is 14.8. The summed E-state index contributed by atoms with van der Waals surface area (Å²) in [7, 11) is 3.78. The number of quaternary nitrogens is 1. The van der Waals surface area contributed by atoms with Gasteiger partial charge in [-0.2, -0.15) is 0 Å². The zero-order valence-electron chi connectivity index (χ0n) is 43.6. The number of phenolic OH excluding ortho intramolecular Hbond substituents is 1. The fourth-order valence-electron chi connectivity index (χ4n) is 10.4. The Balaban J connectivity index is 1.41. The number of benzene rings is 3. The summed E-state index contributed by atoms with van der Waals surface area (Å²) in [6, 6.07) is 2.85. The highest BCUT2D eigenvalue weighted by atomic mass is 16.7. The van der Waals surface area contributed by atoms with Crippen LogP contribution in [0, 0.1) is 42.4 Å². The number of nitrogens with one attached hydrogen (secondary N) is 1. The molecule has 7 rings (SSSR count). The Morgan fingerprint density at radius 2 is 1.63 bits per heavy atom. The highest BCUT2D eigenvalue weighted by Crippen LogP contribution is 2.43. The predicted octanol–water partition coefficient (Wildman–Crippen LogP) is 7.87. The molecular formula is C55H72N3O13+. The maximum Gasteiger partial charge on any atom is 0.307 e. The van der Waals surface area contributed by atoms with Crippen LogP contribution in [0.25, 0.3) is 38.7 Å². The molecule has 3 aromatic carbocycles. The summed E-state index contributed by atoms with van der Waals surface area (Å²) in [5.41, 5.74) is -2.00. The number of amides is 1. The van der Waals surface area contributed by atoms with Gasteiger partial charge in [0.1, 0.15) is 34.6 Å². The van der Waals surface area contributed by atoms with Crippen molar-refractivity contribution in [3.05, 3.63) is 79.5 Å². The van der Waals surface area contributed by atoms with Crippen molar-refractivity contribution in [2.75, 3.05) is 39.2 Å². The number of allylic oxidation sites excluding steroid dienone is 2. The Morgan fingerprint density at radius 1 is 0.958 bits per heavy atom. The van der Waals surface area contributed by atoms with E-state index in [1.165, 1.54) is 46.3 Å². The van der Waals surface area contributed by atoms with Gasteiger partial charge < -0.3 is 53.2 Å². The summed E-state index contributed by atoms with van der Waals surface area (Å²) in [4.78, 5) is 60.4. The average molecular weight is 983 g/mol. The summed E-state index contributed by atoms with van der Waals surface area (Å²) < 4.78 is 38.0. The zero-order valence-corrected chi connectivity index (χ0v) is 43.6. The van der Waals surface area contributed by atoms with Crippen molar-refractivity contribution in [3.8, 4) is 17.2 Å². The summed E-state index contributed by atoms with van der Waals surface area (Å²) >= 11 is 0. The van der Waals surface area contributed by atoms with Gasteiger partial charge in [0.25, 0.3) is 5.91 Å². The number of aliphatic hydroxyl groups excluding tert-OH is 2. The van der Waals surface area contributed by atoms with Gasteiger partial charge in [-0.1, -0.05) is 52.8 Å². The standard InChI is InChI=1S/C55H71N3O13/c1-27-16-15-17-28(2)53(65)57-45-48(63)41-40(44-51(45)70-39-25-36(24-37(60)43(39)56-44)67-26-35-18-21-58(13,22-19-35)54(9,10)11)42-50(33(7)47(41)62)71-55(12,52(42)64)68-23-20-38(66-14)32(6)49(69-34(8)59)31(5)29(3)30(4)46(27)61/h15-17,20,23-25,27,29-32,35,38,46,49,61H,18-19,21-22,26H2,1-14H3,(H2-,56,57,60,62,63,64,65)/p+1/b16-15+,23-20+,28-17-/t27-,29+,30-,31+,32+,35?,38-,46-,49-,55-,58?/m0/s1. The molecule has 1 amide bonds. The van der Waals surface area contributed by atoms with Crippen LogP contribution in [-0.2, 0) is 23.8 Å². The van der Waals surface area contributed by atoms with Crippen LogP contribution in [0.1, 0.15) is 94.6 Å². The zero-order chi connectivity index (χ0) is 52.2. The molecule has 4 N–H and O–H groups in total. The molecule has 0 aliphatic carbocycles. The van der Waals surface area contributed by atoms with E-state index in [1.807, 2.05) is 34.6 Å². The molecule has 0 unspecified atom stereocenters. The quantitative estimate of drug-likeness (QED) is 0.0649. The van der Waals surface area contributed by atoms with E-state index in [-0.39, 0.29) is 102 Å². The second kappa shape index (κ2) is 19.9. The third-order valence-corrected chi connectivity index (χ3v) is 16.2. The molecule has 1 fully saturated rings. The number of likely N-dealkylation sites (tertiary alicyclic amines) is 1. The molecule has 0 saturated carbocycles. The van der Waals surface area contributed by atoms with Crippen molar-refractivity contribution < 1.29 is 57.5 Å². The maximum atomic E-state index is 14.9. The number of rotatable bonds is 5. The number of nitrogens with zero attached hydrogens (tertiary/aromatic N) is 2. The van der Waals surface area contributed by atoms with Crippen LogP contribution >= 0.6 is 0 Å². The molecule has 0 radical (unpaired) electrons. The average Bonchev–Trinajstić information content (AvgIpc) is 3.58. The first kappa shape index (κ1) is 52.8. The number of piperidine rings is 1. The minimum absolute atomic E-state index is 0.0303. The van der Waals surface area contributed by atoms with Crippen molar-refractivity contribution in [1.29, 1.82) is 0 Å². The lowest BCUT2D eigenvalue weighted by Gasteiger charge is -2.49. The van der Waals surface area contributed by atoms with E-state index in [9.17, 15) is 34.5 Å². The summed E-state index contributed by atoms with van der Waals surface area (Å²) in [6.45, 7) is 24.6. The SMILES string of the molecule is CO[C@H]1/C=C/O[C@@]2(C)Oc3c(C)c(O)c4c(=O)c(c5oc6cc(OCC7CC[N+](C)(C(C)(C)C)CC7)cc(=O)c6nc5c4c3=C2O)NC(=O)/C(C)=C\C=C\[C@H](C)[C@H](O)[C@@H](C)[C@@H](C)[C@@H](C)[C@H](OC(C)=O)[C@@H]1C. The van der Waals surface area contributed by atoms with Gasteiger partial charge in [-0.3, -0.25) is 19.2 Å². The number of esters is 1. The highest BCUT2D eigenvalue weighted by Gasteiger charge is 2.45. The van der Waals surface area contributed by atoms with Crippen molar-refractivity contribution in [2.45, 2.75) is 126 Å². The number of ether oxygens (including phenoxy) is 5. The Labute approximate surface area is 414 Å². The number of aliphatic hydroxyl groups is 2. The minimum Gasteiger partial charge on any atom is -0.507 e. The Bertz CT molecular complexity index is 3020. The third kappa shape index (κ3) is 9.87. The maximum absolute atomic E-state index is 14.9. The van der Waals surface area contributed by atoms with Gasteiger partial charge in [0.2, 0.25) is 10.9 Å². The third-order valence-electron chi connectivity index (χ3n) is 16.2. The van der Waals surface area contributed by atoms with Gasteiger partial charge in [0.15, 0.2) is 22.4 Å². The van der Waals surface area contributed by atoms with Gasteiger partial charge in [-0.25, -0.2) is 4.98 Å². The molecule has 4 bridgehead atoms. The molecule has 0 spiro atoms. The molecule has 16 nitrogen and oxygen atoms in total. The second-order valence-electron chi connectivity index (χ2n) is 21.7. The molecular weight excluding hydrogens is 911 g/mol. The Morgan fingerprint density at radius 3 is 2.27 bits per heavy atom. The fourth-order valence-corrected chi connectivity index (χ4v) is 10.4. The number of anilines is 1. The van der Waals surface area contributed by atoms with Gasteiger partial charge in [0.05, 0.1) is 61.4 Å². The van der Waals surface area contributed by atoms with E-state index in [2.05, 4.69) is 33.1 Å². The van der Waals surface area contributed by atoms with Crippen LogP contribution in [0.5, 0.6) is 17.2 Å². The predicted molar refractivity (Wildman–Crippen MR) is 272 cm³/mol. The molecule has 3 aliphatic heterocycles. The van der Waals surface area contributed by atoms with Crippen molar-refractivity contribution in [1.82, 2.24) is 4.98 Å². The van der Waals surface area contributed by atoms with Crippen LogP contribution in [0.4, 0.5) is 5.69 Å². The summed E-state index contributed by atoms with van der Waals surface area (Å²) in [5.74, 6) is -5.19. The van der Waals surface area contributed by atoms with Crippen LogP contribution in [0.3, 0.4) is 0 Å². The topological polar surface area (TPSA) is 213 Å². The minimum atomic E-state index is -1.96. The number of methoxy groups -OCH3 is 1. The smallest absolute Gasteiger partial charge is 0.307 e. The molecule has 1 saturated heterocycles. The van der Waals surface area contributed by atoms with Crippen LogP contribution in [0.15, 0.2) is 62.3 Å². The lowest BCUT2D eigenvalue weighted by molar-refractivity contribution is -0.958. The number of fused-ring (bicyclic) bond motifs is 2. The first-order valence-corrected chi connectivity index (χ1v) is 24.7. The second-order valence-corrected chi connectivity index (χ2v) is 21.7. The molecule has 16 heteroatoms. The van der Waals surface area contributed by atoms with Crippen LogP contribution < -0.4 is 30.9 Å². The molecule has 3 aliphatic rings. The number of hydrogen-bond donors (Lipinski definition) is 4. The number of phenols is 1. The van der Waals surface area contributed by atoms with Crippen LogP contribution in [-0.4, -0.2) is 100 Å². The highest BCUT2D eigenvalue weighted by molar-refractivity contribution is 6.16. The molecule has 384 valence electrons. The molecule has 71 heavy (non-hydrogen) atoms. The number of carbonyl (C=O) groups is 2. The van der Waals surface area contributed by atoms with Gasteiger partial charge >= 0.3 is 11.8 Å². The number of hydrogen-bond acceptors (Lipinski definition) is 14. The monoisotopic (exact) mass is 983 g/mol. The van der Waals surface area contributed by atoms with Gasteiger partial charge in [0, 0.05) is 80.2 Å². The van der Waals surface area contributed by atoms with E-state index < -0.39 is 64.3 Å². The van der Waals surface area contributed by atoms with Gasteiger partial charge in [-0.05, 0) is 58.4 Å². The van der Waals surface area contributed by atoms with Crippen molar-refractivity contribution in [3.63, 3.8) is 0 Å². The summed E-state index contributed by atoms with van der Waals surface area (Å²) in [5, 5.41) is 38.0.